The predicted octanol–water partition coefficient (Wildman–Crippen LogP) is -0.879. The van der Waals surface area contributed by atoms with Gasteiger partial charge in [0.25, 0.3) is 0 Å². The van der Waals surface area contributed by atoms with Crippen LogP contribution in [0.1, 0.15) is 13.3 Å². The van der Waals surface area contributed by atoms with E-state index in [0.29, 0.717) is 0 Å². The van der Waals surface area contributed by atoms with Crippen LogP contribution in [0.4, 0.5) is 0 Å². The fraction of sp³-hybridized carbons (Fsp3) is 0.625. The van der Waals surface area contributed by atoms with E-state index in [1.165, 1.54) is 13.0 Å². The first-order valence-corrected chi connectivity index (χ1v) is 3.86. The summed E-state index contributed by atoms with van der Waals surface area (Å²) in [6.45, 7) is 0.849. The first-order chi connectivity index (χ1) is 5.99. The third kappa shape index (κ3) is 4.62. The van der Waals surface area contributed by atoms with Gasteiger partial charge in [0.05, 0.1) is 12.7 Å². The topological polar surface area (TPSA) is 98.0 Å². The van der Waals surface area contributed by atoms with Crippen LogP contribution in [0, 0.1) is 0 Å². The van der Waals surface area contributed by atoms with Crippen LogP contribution in [-0.2, 0) is 4.79 Å². The molecule has 0 aliphatic carbocycles. The molecular weight excluding hydrogens is 176 g/mol. The van der Waals surface area contributed by atoms with Gasteiger partial charge in [-0.15, -0.1) is 0 Å². The van der Waals surface area contributed by atoms with Gasteiger partial charge < -0.3 is 20.4 Å². The zero-order chi connectivity index (χ0) is 10.4. The smallest absolute Gasteiger partial charge is 0.330 e. The molecule has 0 radical (unpaired) electrons. The zero-order valence-corrected chi connectivity index (χ0v) is 7.34. The van der Waals surface area contributed by atoms with Gasteiger partial charge in [-0.3, -0.25) is 0 Å². The number of carboxylic acids is 1. The van der Waals surface area contributed by atoms with Crippen molar-refractivity contribution in [3.8, 4) is 0 Å². The maximum absolute atomic E-state index is 10.3. The zero-order valence-electron chi connectivity index (χ0n) is 7.34. The summed E-state index contributed by atoms with van der Waals surface area (Å²) in [6.07, 6.45) is -1.04. The van der Waals surface area contributed by atoms with E-state index < -0.39 is 24.8 Å². The molecule has 0 aliphatic heterocycles. The molecule has 0 aromatic rings. The van der Waals surface area contributed by atoms with E-state index in [2.05, 4.69) is 0 Å². The van der Waals surface area contributed by atoms with Crippen molar-refractivity contribution in [3.63, 3.8) is 0 Å². The Bertz CT molecular complexity index is 199. The lowest BCUT2D eigenvalue weighted by Crippen LogP contribution is -2.28. The maximum atomic E-state index is 10.3. The quantitative estimate of drug-likeness (QED) is 0.422. The van der Waals surface area contributed by atoms with Gasteiger partial charge in [-0.05, 0) is 13.3 Å². The molecule has 0 rings (SSSR count). The first kappa shape index (κ1) is 12.1. The van der Waals surface area contributed by atoms with Crippen LogP contribution in [0.2, 0.25) is 0 Å². The van der Waals surface area contributed by atoms with Gasteiger partial charge in [0.15, 0.2) is 0 Å². The van der Waals surface area contributed by atoms with E-state index in [1.807, 2.05) is 0 Å². The summed E-state index contributed by atoms with van der Waals surface area (Å²) in [6, 6.07) is 0. The number of carbonyl (C=O) groups is 1. The number of hydrogen-bond donors (Lipinski definition) is 4. The summed E-state index contributed by atoms with van der Waals surface area (Å²) in [4.78, 5) is 10.3. The summed E-state index contributed by atoms with van der Waals surface area (Å²) in [5.74, 6) is -1.06. The van der Waals surface area contributed by atoms with Crippen LogP contribution in [0.25, 0.3) is 0 Å². The standard InChI is InChI=1S/C8H14O5/c1-5(8(12)13)2-3-6(10)7(11)4-9/h2,6-7,9-11H,3-4H2,1H3,(H,12,13). The van der Waals surface area contributed by atoms with Crippen molar-refractivity contribution in [2.45, 2.75) is 25.6 Å². The van der Waals surface area contributed by atoms with Crippen molar-refractivity contribution in [1.29, 1.82) is 0 Å². The van der Waals surface area contributed by atoms with E-state index in [0.717, 1.165) is 0 Å². The molecule has 13 heavy (non-hydrogen) atoms. The number of hydrogen-bond acceptors (Lipinski definition) is 4. The highest BCUT2D eigenvalue weighted by atomic mass is 16.4. The Balaban J connectivity index is 4.00. The third-order valence-corrected chi connectivity index (χ3v) is 1.63. The molecule has 0 amide bonds. The van der Waals surface area contributed by atoms with Crippen LogP contribution in [0.3, 0.4) is 0 Å². The Kier molecular flexibility index (Phi) is 5.29. The minimum Gasteiger partial charge on any atom is -0.478 e. The number of rotatable bonds is 5. The highest BCUT2D eigenvalue weighted by molar-refractivity contribution is 5.85. The summed E-state index contributed by atoms with van der Waals surface area (Å²) < 4.78 is 0. The molecule has 76 valence electrons. The number of aliphatic carboxylic acids is 1. The lowest BCUT2D eigenvalue weighted by atomic mass is 10.1. The van der Waals surface area contributed by atoms with Crippen molar-refractivity contribution in [2.24, 2.45) is 0 Å². The highest BCUT2D eigenvalue weighted by Gasteiger charge is 2.13. The lowest BCUT2D eigenvalue weighted by Gasteiger charge is -2.13. The average Bonchev–Trinajstić information content (AvgIpc) is 2.11. The second-order valence-corrected chi connectivity index (χ2v) is 2.75. The fourth-order valence-corrected chi connectivity index (χ4v) is 0.664. The molecule has 0 heterocycles. The van der Waals surface area contributed by atoms with E-state index >= 15 is 0 Å². The predicted molar refractivity (Wildman–Crippen MR) is 45.1 cm³/mol. The van der Waals surface area contributed by atoms with Crippen molar-refractivity contribution < 1.29 is 25.2 Å². The fourth-order valence-electron chi connectivity index (χ4n) is 0.664. The largest absolute Gasteiger partial charge is 0.478 e. The SMILES string of the molecule is CC(=CCC(O)C(O)CO)C(=O)O. The Morgan fingerprint density at radius 3 is 2.31 bits per heavy atom. The summed E-state index contributed by atoms with van der Waals surface area (Å²) >= 11 is 0. The normalized spacial score (nSPS) is 16.8. The molecule has 0 aromatic carbocycles. The molecule has 0 saturated carbocycles. The van der Waals surface area contributed by atoms with Crippen LogP contribution >= 0.6 is 0 Å². The Morgan fingerprint density at radius 2 is 1.92 bits per heavy atom. The second kappa shape index (κ2) is 5.69. The summed E-state index contributed by atoms with van der Waals surface area (Å²) in [5, 5.41) is 34.9. The van der Waals surface area contributed by atoms with Crippen molar-refractivity contribution in [2.75, 3.05) is 6.61 Å². The minimum absolute atomic E-state index is 0.0137. The van der Waals surface area contributed by atoms with Crippen LogP contribution in [0.15, 0.2) is 11.6 Å². The summed E-state index contributed by atoms with van der Waals surface area (Å²) in [5.41, 5.74) is 0.101. The van der Waals surface area contributed by atoms with Crippen LogP contribution in [-0.4, -0.2) is 45.2 Å². The van der Waals surface area contributed by atoms with Gasteiger partial charge in [-0.2, -0.15) is 0 Å². The van der Waals surface area contributed by atoms with Gasteiger partial charge in [-0.25, -0.2) is 4.79 Å². The Labute approximate surface area is 75.9 Å². The van der Waals surface area contributed by atoms with Crippen LogP contribution in [0.5, 0.6) is 0 Å². The number of aliphatic hydroxyl groups excluding tert-OH is 3. The Hall–Kier alpha value is -0.910. The molecule has 5 heteroatoms. The molecule has 0 spiro atoms. The Morgan fingerprint density at radius 1 is 1.38 bits per heavy atom. The molecule has 0 aliphatic rings. The molecular formula is C8H14O5. The maximum Gasteiger partial charge on any atom is 0.330 e. The summed E-state index contributed by atoms with van der Waals surface area (Å²) in [7, 11) is 0. The van der Waals surface area contributed by atoms with Gasteiger partial charge in [-0.1, -0.05) is 6.08 Å². The minimum atomic E-state index is -1.22. The van der Waals surface area contributed by atoms with E-state index in [-0.39, 0.29) is 12.0 Å². The van der Waals surface area contributed by atoms with Crippen molar-refractivity contribution >= 4 is 5.97 Å². The molecule has 2 atom stereocenters. The first-order valence-electron chi connectivity index (χ1n) is 3.86. The van der Waals surface area contributed by atoms with Crippen molar-refractivity contribution in [1.82, 2.24) is 0 Å². The third-order valence-electron chi connectivity index (χ3n) is 1.63. The van der Waals surface area contributed by atoms with E-state index in [9.17, 15) is 4.79 Å². The van der Waals surface area contributed by atoms with E-state index in [4.69, 9.17) is 20.4 Å². The second-order valence-electron chi connectivity index (χ2n) is 2.75. The average molecular weight is 190 g/mol. The van der Waals surface area contributed by atoms with Crippen LogP contribution < -0.4 is 0 Å². The molecule has 0 saturated heterocycles. The monoisotopic (exact) mass is 190 g/mol. The van der Waals surface area contributed by atoms with Gasteiger partial charge >= 0.3 is 5.97 Å². The number of carboxylic acid groups (broad SMARTS) is 1. The van der Waals surface area contributed by atoms with Gasteiger partial charge in [0, 0.05) is 5.57 Å². The molecule has 0 aromatic heterocycles. The molecule has 0 fully saturated rings. The molecule has 2 unspecified atom stereocenters. The van der Waals surface area contributed by atoms with Crippen molar-refractivity contribution in [3.05, 3.63) is 11.6 Å². The van der Waals surface area contributed by atoms with Gasteiger partial charge in [0.1, 0.15) is 6.10 Å². The van der Waals surface area contributed by atoms with Gasteiger partial charge in [0.2, 0.25) is 0 Å². The molecule has 0 bridgehead atoms. The lowest BCUT2D eigenvalue weighted by molar-refractivity contribution is -0.132. The molecule has 5 nitrogen and oxygen atoms in total. The highest BCUT2D eigenvalue weighted by Crippen LogP contribution is 2.03. The molecule has 4 N–H and O–H groups in total. The number of aliphatic hydroxyl groups is 3. The van der Waals surface area contributed by atoms with E-state index in [1.54, 1.807) is 0 Å².